The second-order valence-electron chi connectivity index (χ2n) is 4.31. The van der Waals surface area contributed by atoms with E-state index >= 15 is 0 Å². The smallest absolute Gasteiger partial charge is 0.106 e. The number of nitrogens with one attached hydrogen (secondary N) is 2. The van der Waals surface area contributed by atoms with E-state index < -0.39 is 0 Å². The lowest BCUT2D eigenvalue weighted by Gasteiger charge is -2.22. The number of hydrogen-bond donors (Lipinski definition) is 2. The molecule has 0 spiro atoms. The van der Waals surface area contributed by atoms with Crippen LogP contribution in [0.4, 0.5) is 0 Å². The summed E-state index contributed by atoms with van der Waals surface area (Å²) in [5.74, 6) is 0.839. The van der Waals surface area contributed by atoms with Crippen molar-refractivity contribution in [2.24, 2.45) is 5.92 Å². The molecule has 1 aliphatic heterocycles. The number of pyridine rings is 1. The minimum Gasteiger partial charge on any atom is -0.317 e. The third kappa shape index (κ3) is 3.85. The third-order valence-electron chi connectivity index (χ3n) is 3.01. The van der Waals surface area contributed by atoms with Gasteiger partial charge >= 0.3 is 0 Å². The molecule has 0 radical (unpaired) electrons. The second kappa shape index (κ2) is 6.33. The normalized spacial score (nSPS) is 17.6. The van der Waals surface area contributed by atoms with Gasteiger partial charge in [-0.1, -0.05) is 0 Å². The predicted octanol–water partition coefficient (Wildman–Crippen LogP) is 1.93. The molecule has 1 aromatic rings. The summed E-state index contributed by atoms with van der Waals surface area (Å²) in [6.45, 7) is 4.41. The van der Waals surface area contributed by atoms with Crippen molar-refractivity contribution in [3.63, 3.8) is 0 Å². The summed E-state index contributed by atoms with van der Waals surface area (Å²) < 4.78 is 0.911. The summed E-state index contributed by atoms with van der Waals surface area (Å²) in [6.07, 6.45) is 4.44. The zero-order valence-corrected chi connectivity index (χ0v) is 11.0. The lowest BCUT2D eigenvalue weighted by molar-refractivity contribution is 0.356. The molecule has 1 aromatic heterocycles. The molecule has 0 bridgehead atoms. The molecular formula is C12H18BrN3. The van der Waals surface area contributed by atoms with Crippen molar-refractivity contribution in [3.8, 4) is 0 Å². The Morgan fingerprint density at radius 1 is 1.44 bits per heavy atom. The van der Waals surface area contributed by atoms with Gasteiger partial charge in [0.25, 0.3) is 0 Å². The van der Waals surface area contributed by atoms with Crippen LogP contribution in [0.15, 0.2) is 22.9 Å². The Hall–Kier alpha value is -0.450. The SMILES string of the molecule is Brc1cc(CNCC2CCNCC2)ccn1. The van der Waals surface area contributed by atoms with Crippen molar-refractivity contribution in [3.05, 3.63) is 28.5 Å². The fourth-order valence-corrected chi connectivity index (χ4v) is 2.47. The molecule has 1 fully saturated rings. The predicted molar refractivity (Wildman–Crippen MR) is 69.2 cm³/mol. The fourth-order valence-electron chi connectivity index (χ4n) is 2.06. The number of piperidine rings is 1. The first-order valence-electron chi connectivity index (χ1n) is 5.86. The van der Waals surface area contributed by atoms with Crippen LogP contribution in [-0.4, -0.2) is 24.6 Å². The standard InChI is InChI=1S/C12H18BrN3/c13-12-7-11(3-6-16-12)9-15-8-10-1-4-14-5-2-10/h3,6-7,10,14-15H,1-2,4-5,8-9H2. The summed E-state index contributed by atoms with van der Waals surface area (Å²) in [4.78, 5) is 4.12. The minimum atomic E-state index is 0.839. The van der Waals surface area contributed by atoms with E-state index in [1.54, 1.807) is 0 Å². The Kier molecular flexibility index (Phi) is 4.75. The van der Waals surface area contributed by atoms with E-state index in [1.165, 1.54) is 31.5 Å². The van der Waals surface area contributed by atoms with Crippen LogP contribution in [0.5, 0.6) is 0 Å². The largest absolute Gasteiger partial charge is 0.317 e. The van der Waals surface area contributed by atoms with Crippen LogP contribution in [0.25, 0.3) is 0 Å². The monoisotopic (exact) mass is 283 g/mol. The van der Waals surface area contributed by atoms with Gasteiger partial charge in [-0.2, -0.15) is 0 Å². The Morgan fingerprint density at radius 2 is 2.25 bits per heavy atom. The van der Waals surface area contributed by atoms with Gasteiger partial charge in [0, 0.05) is 12.7 Å². The van der Waals surface area contributed by atoms with Crippen LogP contribution in [0.2, 0.25) is 0 Å². The molecular weight excluding hydrogens is 266 g/mol. The molecule has 1 saturated heterocycles. The van der Waals surface area contributed by atoms with Gasteiger partial charge in [-0.25, -0.2) is 4.98 Å². The van der Waals surface area contributed by atoms with Crippen molar-refractivity contribution in [1.82, 2.24) is 15.6 Å². The minimum absolute atomic E-state index is 0.839. The molecule has 16 heavy (non-hydrogen) atoms. The van der Waals surface area contributed by atoms with Crippen molar-refractivity contribution < 1.29 is 0 Å². The molecule has 88 valence electrons. The van der Waals surface area contributed by atoms with Crippen molar-refractivity contribution in [1.29, 1.82) is 0 Å². The Balaban J connectivity index is 1.71. The zero-order valence-electron chi connectivity index (χ0n) is 9.38. The van der Waals surface area contributed by atoms with Crippen LogP contribution < -0.4 is 10.6 Å². The summed E-state index contributed by atoms with van der Waals surface area (Å²) in [7, 11) is 0. The van der Waals surface area contributed by atoms with Crippen LogP contribution in [-0.2, 0) is 6.54 Å². The van der Waals surface area contributed by atoms with E-state index in [2.05, 4.69) is 43.7 Å². The van der Waals surface area contributed by atoms with Crippen LogP contribution >= 0.6 is 15.9 Å². The van der Waals surface area contributed by atoms with Gasteiger partial charge in [-0.3, -0.25) is 0 Å². The summed E-state index contributed by atoms with van der Waals surface area (Å²) in [6, 6.07) is 4.12. The quantitative estimate of drug-likeness (QED) is 0.830. The molecule has 2 rings (SSSR count). The van der Waals surface area contributed by atoms with Gasteiger partial charge in [0.2, 0.25) is 0 Å². The Bertz CT molecular complexity index is 324. The summed E-state index contributed by atoms with van der Waals surface area (Å²) in [5.41, 5.74) is 1.29. The number of hydrogen-bond acceptors (Lipinski definition) is 3. The number of rotatable bonds is 4. The molecule has 0 atom stereocenters. The molecule has 4 heteroatoms. The molecule has 1 aliphatic rings. The Labute approximate surface area is 105 Å². The highest BCUT2D eigenvalue weighted by Crippen LogP contribution is 2.11. The number of halogens is 1. The van der Waals surface area contributed by atoms with E-state index in [-0.39, 0.29) is 0 Å². The second-order valence-corrected chi connectivity index (χ2v) is 5.12. The zero-order chi connectivity index (χ0) is 11.2. The molecule has 2 N–H and O–H groups in total. The molecule has 0 amide bonds. The van der Waals surface area contributed by atoms with E-state index in [0.717, 1.165) is 23.6 Å². The topological polar surface area (TPSA) is 37.0 Å². The molecule has 0 saturated carbocycles. The maximum Gasteiger partial charge on any atom is 0.106 e. The van der Waals surface area contributed by atoms with E-state index in [1.807, 2.05) is 6.20 Å². The van der Waals surface area contributed by atoms with Gasteiger partial charge in [0.1, 0.15) is 4.60 Å². The van der Waals surface area contributed by atoms with Crippen LogP contribution in [0, 0.1) is 5.92 Å². The van der Waals surface area contributed by atoms with E-state index in [4.69, 9.17) is 0 Å². The highest BCUT2D eigenvalue weighted by molar-refractivity contribution is 9.10. The number of nitrogens with zero attached hydrogens (tertiary/aromatic N) is 1. The highest BCUT2D eigenvalue weighted by Gasteiger charge is 2.11. The first kappa shape index (κ1) is 12.0. The molecule has 2 heterocycles. The molecule has 3 nitrogen and oxygen atoms in total. The molecule has 0 unspecified atom stereocenters. The highest BCUT2D eigenvalue weighted by atomic mass is 79.9. The number of aromatic nitrogens is 1. The van der Waals surface area contributed by atoms with Crippen molar-refractivity contribution in [2.75, 3.05) is 19.6 Å². The summed E-state index contributed by atoms with van der Waals surface area (Å²) in [5, 5.41) is 6.91. The van der Waals surface area contributed by atoms with Crippen LogP contribution in [0.1, 0.15) is 18.4 Å². The van der Waals surface area contributed by atoms with Gasteiger partial charge in [-0.15, -0.1) is 0 Å². The van der Waals surface area contributed by atoms with E-state index in [0.29, 0.717) is 0 Å². The van der Waals surface area contributed by atoms with Gasteiger partial charge < -0.3 is 10.6 Å². The fraction of sp³-hybridized carbons (Fsp3) is 0.583. The lowest BCUT2D eigenvalue weighted by Crippen LogP contribution is -2.33. The Morgan fingerprint density at radius 3 is 3.00 bits per heavy atom. The average Bonchev–Trinajstić information content (AvgIpc) is 2.30. The van der Waals surface area contributed by atoms with Crippen molar-refractivity contribution in [2.45, 2.75) is 19.4 Å². The summed E-state index contributed by atoms with van der Waals surface area (Å²) >= 11 is 3.38. The van der Waals surface area contributed by atoms with Crippen molar-refractivity contribution >= 4 is 15.9 Å². The van der Waals surface area contributed by atoms with Crippen LogP contribution in [0.3, 0.4) is 0 Å². The lowest BCUT2D eigenvalue weighted by atomic mass is 9.98. The molecule has 0 aromatic carbocycles. The van der Waals surface area contributed by atoms with E-state index in [9.17, 15) is 0 Å². The maximum atomic E-state index is 4.12. The average molecular weight is 284 g/mol. The van der Waals surface area contributed by atoms with Gasteiger partial charge in [0.05, 0.1) is 0 Å². The van der Waals surface area contributed by atoms with Gasteiger partial charge in [0.15, 0.2) is 0 Å². The third-order valence-corrected chi connectivity index (χ3v) is 3.45. The first-order chi connectivity index (χ1) is 7.84. The maximum absolute atomic E-state index is 4.12. The molecule has 0 aliphatic carbocycles. The first-order valence-corrected chi connectivity index (χ1v) is 6.66. The van der Waals surface area contributed by atoms with Gasteiger partial charge in [-0.05, 0) is 72.0 Å².